The van der Waals surface area contributed by atoms with Gasteiger partial charge in [-0.3, -0.25) is 0 Å². The minimum Gasteiger partial charge on any atom is -0.477 e. The smallest absolute Gasteiger partial charge is 0.356 e. The van der Waals surface area contributed by atoms with Crippen molar-refractivity contribution in [2.24, 2.45) is 0 Å². The summed E-state index contributed by atoms with van der Waals surface area (Å²) in [5.41, 5.74) is -0.0314. The lowest BCUT2D eigenvalue weighted by Gasteiger charge is -2.00. The molecule has 2 aromatic rings. The molecule has 27 heavy (non-hydrogen) atoms. The van der Waals surface area contributed by atoms with Gasteiger partial charge in [0.1, 0.15) is 22.8 Å². The summed E-state index contributed by atoms with van der Waals surface area (Å²) in [6.45, 7) is 0. The first kappa shape index (κ1) is 21.2. The Morgan fingerprint density at radius 1 is 0.667 bits per heavy atom. The summed E-state index contributed by atoms with van der Waals surface area (Å²) in [5.74, 6) is -3.00. The Kier molecular flexibility index (Phi) is 8.04. The Labute approximate surface area is 153 Å². The molecule has 0 bridgehead atoms. The quantitative estimate of drug-likeness (QED) is 0.611. The van der Waals surface area contributed by atoms with Gasteiger partial charge in [-0.1, -0.05) is 12.1 Å². The van der Waals surface area contributed by atoms with E-state index in [1.807, 2.05) is 0 Å². The first-order valence-corrected chi connectivity index (χ1v) is 7.26. The number of carbonyl (C=O) groups excluding carboxylic acids is 3. The molecule has 2 rings (SSSR count). The number of carbonyl (C=O) groups is 4. The lowest BCUT2D eigenvalue weighted by molar-refractivity contribution is 0.0575. The molecule has 0 saturated heterocycles. The van der Waals surface area contributed by atoms with Crippen molar-refractivity contribution in [3.63, 3.8) is 0 Å². The average Bonchev–Trinajstić information content (AvgIpc) is 2.72. The van der Waals surface area contributed by atoms with E-state index in [-0.39, 0.29) is 22.8 Å². The minimum atomic E-state index is -1.18. The van der Waals surface area contributed by atoms with E-state index in [0.29, 0.717) is 0 Å². The number of hydrogen-bond acceptors (Lipinski definition) is 9. The van der Waals surface area contributed by atoms with Crippen LogP contribution < -0.4 is 0 Å². The zero-order chi connectivity index (χ0) is 20.4. The van der Waals surface area contributed by atoms with Gasteiger partial charge in [0, 0.05) is 0 Å². The first-order chi connectivity index (χ1) is 12.8. The number of hydrogen-bond donors (Lipinski definition) is 1. The molecule has 0 unspecified atom stereocenters. The van der Waals surface area contributed by atoms with Crippen molar-refractivity contribution in [2.45, 2.75) is 0 Å². The van der Waals surface area contributed by atoms with Gasteiger partial charge in [-0.25, -0.2) is 29.1 Å². The molecule has 1 N–H and O–H groups in total. The molecule has 10 heteroatoms. The van der Waals surface area contributed by atoms with Crippen LogP contribution in [0.1, 0.15) is 42.0 Å². The summed E-state index contributed by atoms with van der Waals surface area (Å²) >= 11 is 0. The molecule has 0 spiro atoms. The first-order valence-electron chi connectivity index (χ1n) is 7.26. The molecule has 0 aliphatic heterocycles. The summed E-state index contributed by atoms with van der Waals surface area (Å²) in [6, 6.07) is 8.57. The number of aromatic nitrogens is 2. The molecule has 0 aliphatic carbocycles. The van der Waals surface area contributed by atoms with Gasteiger partial charge in [0.25, 0.3) is 0 Å². The van der Waals surface area contributed by atoms with Crippen LogP contribution in [0.4, 0.5) is 0 Å². The van der Waals surface area contributed by atoms with Crippen molar-refractivity contribution in [1.29, 1.82) is 0 Å². The molecular formula is C17H16N2O8. The standard InChI is InChI=1S/C9H9NO4.C8H7NO4/c1-13-8(11)6-4-3-5-7(10-6)9(12)14-2;1-13-8(12)6-4-2-3-5(9-6)7(10)11/h3-5H,1-2H3;2-4H,1H3,(H,10,11). The van der Waals surface area contributed by atoms with E-state index < -0.39 is 23.9 Å². The second kappa shape index (κ2) is 10.2. The highest BCUT2D eigenvalue weighted by atomic mass is 16.5. The molecule has 0 aromatic carbocycles. The van der Waals surface area contributed by atoms with Gasteiger partial charge in [-0.05, 0) is 24.3 Å². The molecule has 0 aliphatic rings. The van der Waals surface area contributed by atoms with E-state index in [4.69, 9.17) is 5.11 Å². The number of esters is 3. The fourth-order valence-electron chi connectivity index (χ4n) is 1.64. The second-order valence-electron chi connectivity index (χ2n) is 4.60. The van der Waals surface area contributed by atoms with Crippen molar-refractivity contribution in [3.05, 3.63) is 59.2 Å². The Morgan fingerprint density at radius 3 is 1.26 bits per heavy atom. The lowest BCUT2D eigenvalue weighted by Crippen LogP contribution is -2.10. The van der Waals surface area contributed by atoms with Crippen molar-refractivity contribution in [3.8, 4) is 0 Å². The normalized spacial score (nSPS) is 9.30. The number of aromatic carboxylic acids is 1. The summed E-state index contributed by atoms with van der Waals surface area (Å²) < 4.78 is 13.3. The van der Waals surface area contributed by atoms with Crippen molar-refractivity contribution < 1.29 is 38.5 Å². The Morgan fingerprint density at radius 2 is 0.963 bits per heavy atom. The van der Waals surface area contributed by atoms with E-state index in [0.717, 1.165) is 0 Å². The molecule has 10 nitrogen and oxygen atoms in total. The summed E-state index contributed by atoms with van der Waals surface area (Å²) in [4.78, 5) is 50.8. The summed E-state index contributed by atoms with van der Waals surface area (Å²) in [7, 11) is 3.70. The predicted molar refractivity (Wildman–Crippen MR) is 89.5 cm³/mol. The molecule has 2 aromatic heterocycles. The molecule has 0 amide bonds. The molecular weight excluding hydrogens is 360 g/mol. The maximum Gasteiger partial charge on any atom is 0.356 e. The number of pyridine rings is 2. The van der Waals surface area contributed by atoms with Gasteiger partial charge in [-0.2, -0.15) is 0 Å². The number of rotatable bonds is 4. The fourth-order valence-corrected chi connectivity index (χ4v) is 1.64. The third-order valence-corrected chi connectivity index (χ3v) is 2.90. The SMILES string of the molecule is COC(=O)c1cccc(C(=O)O)n1.COC(=O)c1cccc(C(=O)OC)n1. The van der Waals surface area contributed by atoms with Crippen LogP contribution in [-0.4, -0.2) is 60.3 Å². The molecule has 0 saturated carbocycles. The number of ether oxygens (including phenoxy) is 3. The number of nitrogens with zero attached hydrogens (tertiary/aromatic N) is 2. The zero-order valence-electron chi connectivity index (χ0n) is 14.7. The number of methoxy groups -OCH3 is 3. The van der Waals surface area contributed by atoms with Gasteiger partial charge in [0.05, 0.1) is 21.3 Å². The molecule has 0 fully saturated rings. The van der Waals surface area contributed by atoms with E-state index >= 15 is 0 Å². The van der Waals surface area contributed by atoms with Crippen LogP contribution in [0.2, 0.25) is 0 Å². The largest absolute Gasteiger partial charge is 0.477 e. The maximum atomic E-state index is 11.0. The van der Waals surface area contributed by atoms with Crippen LogP contribution in [0.25, 0.3) is 0 Å². The highest BCUT2D eigenvalue weighted by molar-refractivity contribution is 5.91. The van der Waals surface area contributed by atoms with Gasteiger partial charge in [0.2, 0.25) is 0 Å². The van der Waals surface area contributed by atoms with Crippen LogP contribution >= 0.6 is 0 Å². The predicted octanol–water partition coefficient (Wildman–Crippen LogP) is 1.22. The molecule has 2 heterocycles. The fraction of sp³-hybridized carbons (Fsp3) is 0.176. The Bertz CT molecular complexity index is 819. The average molecular weight is 376 g/mol. The highest BCUT2D eigenvalue weighted by Crippen LogP contribution is 2.02. The molecule has 0 radical (unpaired) electrons. The second-order valence-corrected chi connectivity index (χ2v) is 4.60. The Hall–Kier alpha value is -3.82. The molecule has 0 atom stereocenters. The van der Waals surface area contributed by atoms with E-state index in [9.17, 15) is 19.2 Å². The maximum absolute atomic E-state index is 11.0. The summed E-state index contributed by atoms with van der Waals surface area (Å²) in [5, 5.41) is 8.55. The lowest BCUT2D eigenvalue weighted by atomic mass is 10.3. The third-order valence-electron chi connectivity index (χ3n) is 2.90. The van der Waals surface area contributed by atoms with Gasteiger partial charge < -0.3 is 19.3 Å². The van der Waals surface area contributed by atoms with E-state index in [1.165, 1.54) is 57.7 Å². The van der Waals surface area contributed by atoms with E-state index in [2.05, 4.69) is 24.2 Å². The highest BCUT2D eigenvalue weighted by Gasteiger charge is 2.12. The van der Waals surface area contributed by atoms with Gasteiger partial charge in [-0.15, -0.1) is 0 Å². The van der Waals surface area contributed by atoms with Crippen molar-refractivity contribution in [1.82, 2.24) is 9.97 Å². The van der Waals surface area contributed by atoms with Crippen LogP contribution in [0, 0.1) is 0 Å². The monoisotopic (exact) mass is 376 g/mol. The van der Waals surface area contributed by atoms with Crippen molar-refractivity contribution in [2.75, 3.05) is 21.3 Å². The topological polar surface area (TPSA) is 142 Å². The zero-order valence-corrected chi connectivity index (χ0v) is 14.7. The Balaban J connectivity index is 0.000000271. The molecule has 142 valence electrons. The van der Waals surface area contributed by atoms with Crippen LogP contribution in [0.5, 0.6) is 0 Å². The van der Waals surface area contributed by atoms with Gasteiger partial charge in [0.15, 0.2) is 0 Å². The van der Waals surface area contributed by atoms with Gasteiger partial charge >= 0.3 is 23.9 Å². The number of carboxylic acid groups (broad SMARTS) is 1. The van der Waals surface area contributed by atoms with Crippen molar-refractivity contribution >= 4 is 23.9 Å². The van der Waals surface area contributed by atoms with Crippen LogP contribution in [0.15, 0.2) is 36.4 Å². The van der Waals surface area contributed by atoms with Crippen LogP contribution in [-0.2, 0) is 14.2 Å². The summed E-state index contributed by atoms with van der Waals surface area (Å²) in [6.07, 6.45) is 0. The van der Waals surface area contributed by atoms with E-state index in [1.54, 1.807) is 0 Å². The third kappa shape index (κ3) is 6.20. The minimum absolute atomic E-state index is 0.0117. The van der Waals surface area contributed by atoms with Crippen LogP contribution in [0.3, 0.4) is 0 Å². The number of carboxylic acids is 1.